The van der Waals surface area contributed by atoms with Crippen molar-refractivity contribution >= 4 is 11.8 Å². The molecule has 13 heavy (non-hydrogen) atoms. The molecule has 1 aliphatic carbocycles. The molecule has 0 spiro atoms. The first kappa shape index (κ1) is 9.10. The van der Waals surface area contributed by atoms with Gasteiger partial charge < -0.3 is 5.73 Å². The van der Waals surface area contributed by atoms with Crippen molar-refractivity contribution in [1.82, 2.24) is 0 Å². The van der Waals surface area contributed by atoms with Crippen LogP contribution < -0.4 is 5.73 Å². The van der Waals surface area contributed by atoms with Gasteiger partial charge in [0.2, 0.25) is 0 Å². The van der Waals surface area contributed by atoms with Crippen LogP contribution in [0.4, 0.5) is 0 Å². The molecule has 70 valence electrons. The minimum atomic E-state index is 0.270. The molecule has 0 aromatic carbocycles. The van der Waals surface area contributed by atoms with Crippen molar-refractivity contribution in [1.29, 1.82) is 0 Å². The van der Waals surface area contributed by atoms with E-state index >= 15 is 0 Å². The number of hydrogen-bond acceptors (Lipinski definition) is 2. The smallest absolute Gasteiger partial charge is 0.0371 e. The number of fused-ring (bicyclic) bond motifs is 1. The van der Waals surface area contributed by atoms with Crippen LogP contribution in [0.5, 0.6) is 0 Å². The Morgan fingerprint density at radius 1 is 1.54 bits per heavy atom. The Hall–Kier alpha value is -0.470. The largest absolute Gasteiger partial charge is 0.328 e. The zero-order valence-corrected chi connectivity index (χ0v) is 8.63. The molecule has 0 aromatic rings. The first-order valence-corrected chi connectivity index (χ1v) is 5.66. The van der Waals surface area contributed by atoms with Crippen molar-refractivity contribution in [3.05, 3.63) is 35.3 Å². The van der Waals surface area contributed by atoms with Gasteiger partial charge in [0.25, 0.3) is 0 Å². The lowest BCUT2D eigenvalue weighted by molar-refractivity contribution is 0.727. The van der Waals surface area contributed by atoms with Crippen LogP contribution in [-0.4, -0.2) is 11.3 Å². The van der Waals surface area contributed by atoms with Crippen LogP contribution in [0.2, 0.25) is 0 Å². The van der Waals surface area contributed by atoms with Crippen molar-refractivity contribution in [3.8, 4) is 0 Å². The topological polar surface area (TPSA) is 26.0 Å². The number of thioether (sulfide) groups is 1. The highest BCUT2D eigenvalue weighted by atomic mass is 32.2. The maximum atomic E-state index is 5.76. The Morgan fingerprint density at radius 3 is 3.15 bits per heavy atom. The third-order valence-corrected chi connectivity index (χ3v) is 3.46. The summed E-state index contributed by atoms with van der Waals surface area (Å²) in [4.78, 5) is 0. The lowest BCUT2D eigenvalue weighted by atomic mass is 9.94. The summed E-state index contributed by atoms with van der Waals surface area (Å²) in [6.45, 7) is 2.06. The lowest BCUT2D eigenvalue weighted by Crippen LogP contribution is -2.17. The summed E-state index contributed by atoms with van der Waals surface area (Å²) < 4.78 is 0. The highest BCUT2D eigenvalue weighted by molar-refractivity contribution is 8.03. The van der Waals surface area contributed by atoms with E-state index in [1.165, 1.54) is 5.57 Å². The Balaban J connectivity index is 2.04. The summed E-state index contributed by atoms with van der Waals surface area (Å²) in [7, 11) is 0. The lowest BCUT2D eigenvalue weighted by Gasteiger charge is -2.18. The number of allylic oxidation sites excluding steroid dienone is 3. The van der Waals surface area contributed by atoms with Crippen LogP contribution in [-0.2, 0) is 0 Å². The third-order valence-electron chi connectivity index (χ3n) is 2.38. The Kier molecular flexibility index (Phi) is 2.61. The van der Waals surface area contributed by atoms with E-state index in [1.54, 1.807) is 0 Å². The van der Waals surface area contributed by atoms with E-state index in [9.17, 15) is 0 Å². The van der Waals surface area contributed by atoms with Gasteiger partial charge in [-0.3, -0.25) is 0 Å². The zero-order chi connectivity index (χ0) is 9.26. The third kappa shape index (κ3) is 2.06. The van der Waals surface area contributed by atoms with Crippen molar-refractivity contribution in [3.63, 3.8) is 0 Å². The first-order chi connectivity index (χ1) is 6.25. The maximum Gasteiger partial charge on any atom is 0.0371 e. The Labute approximate surface area is 83.8 Å². The SMILES string of the molecule is CC(N)CC1=CC2SC=CC2C=C1. The second-order valence-corrected chi connectivity index (χ2v) is 4.88. The molecule has 0 saturated heterocycles. The minimum absolute atomic E-state index is 0.270. The van der Waals surface area contributed by atoms with E-state index in [0.29, 0.717) is 11.2 Å². The van der Waals surface area contributed by atoms with Crippen LogP contribution in [0.25, 0.3) is 0 Å². The molecule has 0 bridgehead atoms. The first-order valence-electron chi connectivity index (χ1n) is 4.72. The minimum Gasteiger partial charge on any atom is -0.328 e. The van der Waals surface area contributed by atoms with Crippen molar-refractivity contribution in [2.45, 2.75) is 24.6 Å². The quantitative estimate of drug-likeness (QED) is 0.729. The van der Waals surface area contributed by atoms with Gasteiger partial charge in [-0.25, -0.2) is 0 Å². The van der Waals surface area contributed by atoms with Gasteiger partial charge in [-0.1, -0.05) is 24.3 Å². The molecular formula is C11H15NS. The summed E-state index contributed by atoms with van der Waals surface area (Å²) in [6, 6.07) is 0.270. The van der Waals surface area contributed by atoms with E-state index in [4.69, 9.17) is 5.73 Å². The van der Waals surface area contributed by atoms with Gasteiger partial charge in [-0.15, -0.1) is 11.8 Å². The van der Waals surface area contributed by atoms with Gasteiger partial charge in [0.15, 0.2) is 0 Å². The molecule has 2 N–H and O–H groups in total. The van der Waals surface area contributed by atoms with Gasteiger partial charge >= 0.3 is 0 Å². The monoisotopic (exact) mass is 193 g/mol. The molecule has 1 heterocycles. The molecule has 3 unspecified atom stereocenters. The maximum absolute atomic E-state index is 5.76. The molecule has 1 nitrogen and oxygen atoms in total. The molecule has 0 saturated carbocycles. The average Bonchev–Trinajstić information content (AvgIpc) is 2.49. The molecule has 0 amide bonds. The van der Waals surface area contributed by atoms with Crippen molar-refractivity contribution < 1.29 is 0 Å². The van der Waals surface area contributed by atoms with E-state index in [-0.39, 0.29) is 6.04 Å². The normalized spacial score (nSPS) is 32.9. The summed E-state index contributed by atoms with van der Waals surface area (Å²) in [5.74, 6) is 0.627. The summed E-state index contributed by atoms with van der Waals surface area (Å²) in [6.07, 6.45) is 10.1. The van der Waals surface area contributed by atoms with Crippen LogP contribution >= 0.6 is 11.8 Å². The molecule has 0 aromatic heterocycles. The molecule has 2 heteroatoms. The average molecular weight is 193 g/mol. The van der Waals surface area contributed by atoms with Gasteiger partial charge in [0, 0.05) is 17.2 Å². The second kappa shape index (κ2) is 3.72. The molecule has 0 radical (unpaired) electrons. The predicted octanol–water partition coefficient (Wildman–Crippen LogP) is 2.47. The highest BCUT2D eigenvalue weighted by Gasteiger charge is 2.22. The van der Waals surface area contributed by atoms with E-state index < -0.39 is 0 Å². The molecule has 2 rings (SSSR count). The molecular weight excluding hydrogens is 178 g/mol. The Bertz CT molecular complexity index is 276. The molecule has 0 fully saturated rings. The van der Waals surface area contributed by atoms with Gasteiger partial charge in [-0.05, 0) is 24.3 Å². The van der Waals surface area contributed by atoms with Crippen molar-refractivity contribution in [2.24, 2.45) is 11.7 Å². The van der Waals surface area contributed by atoms with E-state index in [1.807, 2.05) is 11.8 Å². The summed E-state index contributed by atoms with van der Waals surface area (Å²) >= 11 is 1.91. The van der Waals surface area contributed by atoms with Gasteiger partial charge in [0.1, 0.15) is 0 Å². The number of nitrogens with two attached hydrogens (primary N) is 1. The van der Waals surface area contributed by atoms with Crippen LogP contribution in [0, 0.1) is 5.92 Å². The highest BCUT2D eigenvalue weighted by Crippen LogP contribution is 2.35. The number of rotatable bonds is 2. The fraction of sp³-hybridized carbons (Fsp3) is 0.455. The fourth-order valence-electron chi connectivity index (χ4n) is 1.76. The van der Waals surface area contributed by atoms with Crippen molar-refractivity contribution in [2.75, 3.05) is 0 Å². The number of hydrogen-bond donors (Lipinski definition) is 1. The van der Waals surface area contributed by atoms with Gasteiger partial charge in [0.05, 0.1) is 0 Å². The standard InChI is InChI=1S/C11H15NS/c1-8(12)6-9-2-3-10-4-5-13-11(10)7-9/h2-5,7-8,10-11H,6,12H2,1H3. The van der Waals surface area contributed by atoms with Crippen LogP contribution in [0.3, 0.4) is 0 Å². The van der Waals surface area contributed by atoms with E-state index in [0.717, 1.165) is 6.42 Å². The molecule has 1 aliphatic heterocycles. The zero-order valence-electron chi connectivity index (χ0n) is 7.81. The molecule has 3 atom stereocenters. The summed E-state index contributed by atoms with van der Waals surface area (Å²) in [5, 5.41) is 2.84. The predicted molar refractivity (Wildman–Crippen MR) is 59.5 cm³/mol. The second-order valence-electron chi connectivity index (χ2n) is 3.79. The fourth-order valence-corrected chi connectivity index (χ4v) is 2.83. The van der Waals surface area contributed by atoms with Crippen LogP contribution in [0.1, 0.15) is 13.3 Å². The van der Waals surface area contributed by atoms with E-state index in [2.05, 4.69) is 36.6 Å². The Morgan fingerprint density at radius 2 is 2.38 bits per heavy atom. The van der Waals surface area contributed by atoms with Gasteiger partial charge in [-0.2, -0.15) is 0 Å². The summed E-state index contributed by atoms with van der Waals surface area (Å²) in [5.41, 5.74) is 7.16. The van der Waals surface area contributed by atoms with Crippen LogP contribution in [0.15, 0.2) is 35.3 Å². The molecule has 2 aliphatic rings.